The van der Waals surface area contributed by atoms with E-state index in [-0.39, 0.29) is 23.9 Å². The topological polar surface area (TPSA) is 73.8 Å². The lowest BCUT2D eigenvalue weighted by molar-refractivity contribution is 0.483. The average molecular weight is 379 g/mol. The minimum atomic E-state index is -0.140. The molecule has 1 aromatic carbocycles. The van der Waals surface area contributed by atoms with Gasteiger partial charge in [-0.25, -0.2) is 4.98 Å². The van der Waals surface area contributed by atoms with Crippen molar-refractivity contribution in [2.24, 2.45) is 0 Å². The Hall–Kier alpha value is -2.22. The van der Waals surface area contributed by atoms with E-state index < -0.39 is 0 Å². The molecule has 4 rings (SSSR count). The van der Waals surface area contributed by atoms with Crippen LogP contribution < -0.4 is 5.56 Å². The van der Waals surface area contributed by atoms with E-state index in [9.17, 15) is 4.79 Å². The molecule has 0 atom stereocenters. The van der Waals surface area contributed by atoms with Gasteiger partial charge in [-0.1, -0.05) is 23.2 Å². The zero-order chi connectivity index (χ0) is 16.7. The van der Waals surface area contributed by atoms with E-state index >= 15 is 0 Å². The van der Waals surface area contributed by atoms with Crippen molar-refractivity contribution in [3.63, 3.8) is 0 Å². The Morgan fingerprint density at radius 2 is 2.08 bits per heavy atom. The van der Waals surface area contributed by atoms with Gasteiger partial charge in [0.25, 0.3) is 5.56 Å². The van der Waals surface area contributed by atoms with Crippen molar-refractivity contribution in [2.45, 2.75) is 6.54 Å². The van der Waals surface area contributed by atoms with Gasteiger partial charge in [0.1, 0.15) is 11.2 Å². The molecule has 0 aliphatic heterocycles. The van der Waals surface area contributed by atoms with Gasteiger partial charge in [0.15, 0.2) is 0 Å². The summed E-state index contributed by atoms with van der Waals surface area (Å²) in [5.74, 6) is 0.556. The summed E-state index contributed by atoms with van der Waals surface area (Å²) < 4.78 is 7.63. The highest BCUT2D eigenvalue weighted by molar-refractivity contribution is 7.17. The molecule has 0 saturated carbocycles. The van der Waals surface area contributed by atoms with Crippen molar-refractivity contribution in [2.75, 3.05) is 0 Å². The number of hydrogen-bond donors (Lipinski definition) is 0. The molecule has 0 unspecified atom stereocenters. The van der Waals surface area contributed by atoms with Gasteiger partial charge < -0.3 is 4.42 Å². The number of benzene rings is 1. The first-order valence-corrected chi connectivity index (χ1v) is 8.46. The third-order valence-corrected chi connectivity index (χ3v) is 4.81. The fourth-order valence-corrected chi connectivity index (χ4v) is 3.51. The minimum absolute atomic E-state index is 0.137. The Balaban J connectivity index is 1.67. The van der Waals surface area contributed by atoms with Gasteiger partial charge in [0.05, 0.1) is 22.4 Å². The van der Waals surface area contributed by atoms with Crippen LogP contribution in [0.4, 0.5) is 0 Å². The number of aromatic nitrogens is 4. The lowest BCUT2D eigenvalue weighted by Crippen LogP contribution is -2.20. The molecule has 24 heavy (non-hydrogen) atoms. The van der Waals surface area contributed by atoms with Crippen LogP contribution in [0, 0.1) is 0 Å². The van der Waals surface area contributed by atoms with Crippen LogP contribution in [0.15, 0.2) is 45.2 Å². The van der Waals surface area contributed by atoms with Gasteiger partial charge in [-0.05, 0) is 29.6 Å². The predicted molar refractivity (Wildman–Crippen MR) is 92.7 cm³/mol. The maximum Gasteiger partial charge on any atom is 0.271 e. The molecular formula is C15H8Cl2N4O2S. The summed E-state index contributed by atoms with van der Waals surface area (Å²) >= 11 is 13.4. The maximum atomic E-state index is 12.4. The van der Waals surface area contributed by atoms with Gasteiger partial charge in [0.2, 0.25) is 11.8 Å². The first-order valence-electron chi connectivity index (χ1n) is 6.82. The van der Waals surface area contributed by atoms with Crippen LogP contribution in [0.2, 0.25) is 10.0 Å². The zero-order valence-electron chi connectivity index (χ0n) is 11.9. The van der Waals surface area contributed by atoms with Crippen LogP contribution in [-0.4, -0.2) is 19.7 Å². The molecule has 0 aliphatic carbocycles. The van der Waals surface area contributed by atoms with E-state index in [2.05, 4.69) is 15.2 Å². The fraction of sp³-hybridized carbons (Fsp3) is 0.0667. The molecule has 0 aliphatic rings. The number of rotatable bonds is 3. The van der Waals surface area contributed by atoms with Crippen LogP contribution in [0.25, 0.3) is 21.7 Å². The number of nitrogens with zero attached hydrogens (tertiary/aromatic N) is 4. The van der Waals surface area contributed by atoms with Crippen molar-refractivity contribution in [3.8, 4) is 11.5 Å². The van der Waals surface area contributed by atoms with Crippen LogP contribution in [0.1, 0.15) is 5.89 Å². The Morgan fingerprint density at radius 1 is 1.21 bits per heavy atom. The van der Waals surface area contributed by atoms with E-state index in [0.717, 1.165) is 0 Å². The average Bonchev–Trinajstić information content (AvgIpc) is 3.20. The van der Waals surface area contributed by atoms with Crippen molar-refractivity contribution in [1.82, 2.24) is 19.7 Å². The molecule has 6 nitrogen and oxygen atoms in total. The molecule has 0 bridgehead atoms. The van der Waals surface area contributed by atoms with Crippen LogP contribution in [0.5, 0.6) is 0 Å². The second kappa shape index (κ2) is 6.01. The first-order chi connectivity index (χ1) is 11.6. The number of thiophene rings is 1. The molecule has 4 aromatic rings. The molecule has 9 heteroatoms. The largest absolute Gasteiger partial charge is 0.419 e. The van der Waals surface area contributed by atoms with E-state index in [1.165, 1.54) is 22.2 Å². The van der Waals surface area contributed by atoms with E-state index in [0.29, 0.717) is 25.8 Å². The van der Waals surface area contributed by atoms with Crippen molar-refractivity contribution in [3.05, 3.63) is 62.3 Å². The fourth-order valence-electron chi connectivity index (χ4n) is 2.23. The summed E-state index contributed by atoms with van der Waals surface area (Å²) in [6.45, 7) is 0.137. The highest BCUT2D eigenvalue weighted by Crippen LogP contribution is 2.29. The SMILES string of the molecule is O=c1c2sccc2ncn1Cc1nnc(-c2ccc(Cl)cc2Cl)o1. The second-order valence-electron chi connectivity index (χ2n) is 4.94. The molecule has 0 radical (unpaired) electrons. The van der Waals surface area contributed by atoms with Gasteiger partial charge in [0, 0.05) is 5.02 Å². The lowest BCUT2D eigenvalue weighted by Gasteiger charge is -2.01. The normalized spacial score (nSPS) is 11.2. The molecular weight excluding hydrogens is 371 g/mol. The Kier molecular flexibility index (Phi) is 3.84. The molecule has 3 aromatic heterocycles. The molecule has 0 amide bonds. The summed E-state index contributed by atoms with van der Waals surface area (Å²) in [6, 6.07) is 6.79. The van der Waals surface area contributed by atoms with Crippen LogP contribution in [-0.2, 0) is 6.54 Å². The molecule has 0 saturated heterocycles. The van der Waals surface area contributed by atoms with Crippen molar-refractivity contribution in [1.29, 1.82) is 0 Å². The van der Waals surface area contributed by atoms with Crippen molar-refractivity contribution < 1.29 is 4.42 Å². The molecule has 120 valence electrons. The van der Waals surface area contributed by atoms with E-state index in [1.54, 1.807) is 24.3 Å². The molecule has 0 spiro atoms. The highest BCUT2D eigenvalue weighted by Gasteiger charge is 2.14. The smallest absolute Gasteiger partial charge is 0.271 e. The minimum Gasteiger partial charge on any atom is -0.419 e. The third-order valence-electron chi connectivity index (χ3n) is 3.37. The number of halogens is 2. The second-order valence-corrected chi connectivity index (χ2v) is 6.70. The summed E-state index contributed by atoms with van der Waals surface area (Å²) in [7, 11) is 0. The van der Waals surface area contributed by atoms with Gasteiger partial charge in [-0.3, -0.25) is 9.36 Å². The number of hydrogen-bond acceptors (Lipinski definition) is 6. The maximum absolute atomic E-state index is 12.4. The van der Waals surface area contributed by atoms with Crippen LogP contribution in [0.3, 0.4) is 0 Å². The Labute approximate surface area is 149 Å². The molecule has 0 fully saturated rings. The Morgan fingerprint density at radius 3 is 2.92 bits per heavy atom. The summed E-state index contributed by atoms with van der Waals surface area (Å²) in [5.41, 5.74) is 1.12. The zero-order valence-corrected chi connectivity index (χ0v) is 14.3. The van der Waals surface area contributed by atoms with Gasteiger partial charge in [-0.2, -0.15) is 0 Å². The monoisotopic (exact) mass is 378 g/mol. The molecule has 0 N–H and O–H groups in total. The Bertz CT molecular complexity index is 1100. The summed E-state index contributed by atoms with van der Waals surface area (Å²) in [4.78, 5) is 16.6. The van der Waals surface area contributed by atoms with Crippen LogP contribution >= 0.6 is 34.5 Å². The quantitative estimate of drug-likeness (QED) is 0.540. The van der Waals surface area contributed by atoms with E-state index in [1.807, 2.05) is 5.38 Å². The number of fused-ring (bicyclic) bond motifs is 1. The lowest BCUT2D eigenvalue weighted by atomic mass is 10.2. The molecule has 3 heterocycles. The first kappa shape index (κ1) is 15.3. The predicted octanol–water partition coefficient (Wildman–Crippen LogP) is 3.86. The van der Waals surface area contributed by atoms with Gasteiger partial charge >= 0.3 is 0 Å². The van der Waals surface area contributed by atoms with Gasteiger partial charge in [-0.15, -0.1) is 21.5 Å². The standard InChI is InChI=1S/C15H8Cl2N4O2S/c16-8-1-2-9(10(17)5-8)14-20-19-12(23-14)6-21-7-18-11-3-4-24-13(11)15(21)22/h1-5,7H,6H2. The third kappa shape index (κ3) is 2.71. The highest BCUT2D eigenvalue weighted by atomic mass is 35.5. The summed E-state index contributed by atoms with van der Waals surface area (Å²) in [6.07, 6.45) is 1.47. The van der Waals surface area contributed by atoms with E-state index in [4.69, 9.17) is 27.6 Å². The summed E-state index contributed by atoms with van der Waals surface area (Å²) in [5, 5.41) is 10.7. The van der Waals surface area contributed by atoms with Crippen molar-refractivity contribution >= 4 is 44.8 Å².